The molecule has 1 atom stereocenters. The number of fused-ring (bicyclic) bond motifs is 1. The zero-order valence-corrected chi connectivity index (χ0v) is 22.7. The summed E-state index contributed by atoms with van der Waals surface area (Å²) >= 11 is 6.07. The molecular weight excluding hydrogens is 518 g/mol. The molecule has 1 amide bonds. The highest BCUT2D eigenvalue weighted by atomic mass is 35.5. The Hall–Kier alpha value is -3.86. The highest BCUT2D eigenvalue weighted by Gasteiger charge is 2.21. The van der Waals surface area contributed by atoms with Gasteiger partial charge in [-0.15, -0.1) is 0 Å². The van der Waals surface area contributed by atoms with Crippen molar-refractivity contribution < 1.29 is 9.90 Å². The van der Waals surface area contributed by atoms with Crippen LogP contribution >= 0.6 is 11.6 Å². The molecule has 0 saturated carbocycles. The Kier molecular flexibility index (Phi) is 7.87. The number of aliphatic hydroxyl groups excluding tert-OH is 1. The highest BCUT2D eigenvalue weighted by Crippen LogP contribution is 2.30. The lowest BCUT2D eigenvalue weighted by atomic mass is 10.1. The first-order valence-corrected chi connectivity index (χ1v) is 13.3. The smallest absolute Gasteiger partial charge is 0.261 e. The minimum absolute atomic E-state index is 0.0226. The van der Waals surface area contributed by atoms with Crippen LogP contribution in [0.15, 0.2) is 53.5 Å². The Morgan fingerprint density at radius 1 is 1.18 bits per heavy atom. The van der Waals surface area contributed by atoms with E-state index in [4.69, 9.17) is 16.6 Å². The topological polar surface area (TPSA) is 129 Å². The molecule has 1 saturated heterocycles. The van der Waals surface area contributed by atoms with Crippen LogP contribution in [0.5, 0.6) is 0 Å². The van der Waals surface area contributed by atoms with Gasteiger partial charge in [-0.25, -0.2) is 4.98 Å². The molecule has 204 valence electrons. The van der Waals surface area contributed by atoms with Crippen LogP contribution in [0.2, 0.25) is 5.02 Å². The van der Waals surface area contributed by atoms with Gasteiger partial charge in [0, 0.05) is 56.7 Å². The normalized spacial score (nSPS) is 14.9. The second-order valence-electron chi connectivity index (χ2n) is 9.73. The number of aromatic amines is 2. The Morgan fingerprint density at radius 3 is 2.72 bits per heavy atom. The van der Waals surface area contributed by atoms with Gasteiger partial charge in [-0.05, 0) is 48.4 Å². The zero-order chi connectivity index (χ0) is 27.5. The molecule has 0 aliphatic carbocycles. The summed E-state index contributed by atoms with van der Waals surface area (Å²) < 4.78 is 0. The summed E-state index contributed by atoms with van der Waals surface area (Å²) in [6, 6.07) is 13.0. The number of rotatable bonds is 8. The average Bonchev–Trinajstić information content (AvgIpc) is 3.36. The third kappa shape index (κ3) is 5.93. The predicted octanol–water partition coefficient (Wildman–Crippen LogP) is 2.89. The maximum Gasteiger partial charge on any atom is 0.261 e. The lowest BCUT2D eigenvalue weighted by Gasteiger charge is -2.35. The quantitative estimate of drug-likeness (QED) is 0.228. The van der Waals surface area contributed by atoms with Gasteiger partial charge in [-0.2, -0.15) is 0 Å². The monoisotopic (exact) mass is 549 g/mol. The first kappa shape index (κ1) is 26.7. The Bertz CT molecular complexity index is 1540. The molecule has 0 bridgehead atoms. The molecule has 1 fully saturated rings. The fourth-order valence-corrected chi connectivity index (χ4v) is 5.12. The van der Waals surface area contributed by atoms with E-state index in [2.05, 4.69) is 42.5 Å². The number of hydrogen-bond acceptors (Lipinski definition) is 7. The first-order chi connectivity index (χ1) is 18.8. The first-order valence-electron chi connectivity index (χ1n) is 12.9. The molecule has 1 aliphatic heterocycles. The molecule has 1 aliphatic rings. The average molecular weight is 550 g/mol. The number of carbonyl (C=O) groups is 1. The van der Waals surface area contributed by atoms with Gasteiger partial charge in [0.15, 0.2) is 0 Å². The fraction of sp³-hybridized carbons (Fsp3) is 0.321. The number of halogens is 1. The number of amides is 1. The molecule has 0 spiro atoms. The van der Waals surface area contributed by atoms with E-state index < -0.39 is 6.10 Å². The molecule has 39 heavy (non-hydrogen) atoms. The standard InChI is InChI=1S/C28H32ClN7O3/c1-17-12-20(36-10-8-35(9-11-36)16-24(38)30-2)14-22-26(17)34-27(33-22)25-21(6-7-31-28(25)39)32-15-23(37)18-4-3-5-19(29)13-18/h3-7,12-14,23,37H,8-11,15-16H2,1-2H3,(H,30,38)(H,33,34)(H2,31,32,39)/t23-/m1/s1. The summed E-state index contributed by atoms with van der Waals surface area (Å²) in [7, 11) is 1.65. The van der Waals surface area contributed by atoms with Gasteiger partial charge in [0.25, 0.3) is 5.56 Å². The molecule has 11 heteroatoms. The Morgan fingerprint density at radius 2 is 1.97 bits per heavy atom. The van der Waals surface area contributed by atoms with Crippen molar-refractivity contribution in [1.29, 1.82) is 0 Å². The highest BCUT2D eigenvalue weighted by molar-refractivity contribution is 6.30. The van der Waals surface area contributed by atoms with E-state index >= 15 is 0 Å². The molecule has 5 N–H and O–H groups in total. The number of aromatic nitrogens is 3. The lowest BCUT2D eigenvalue weighted by Crippen LogP contribution is -2.49. The van der Waals surface area contributed by atoms with Crippen LogP contribution in [0.25, 0.3) is 22.4 Å². The van der Waals surface area contributed by atoms with Crippen molar-refractivity contribution in [1.82, 2.24) is 25.2 Å². The van der Waals surface area contributed by atoms with Crippen molar-refractivity contribution in [3.63, 3.8) is 0 Å². The largest absolute Gasteiger partial charge is 0.387 e. The number of aliphatic hydroxyl groups is 1. The van der Waals surface area contributed by atoms with Crippen molar-refractivity contribution in [3.05, 3.63) is 75.2 Å². The number of hydrogen-bond donors (Lipinski definition) is 5. The third-order valence-electron chi connectivity index (χ3n) is 7.06. The number of likely N-dealkylation sites (N-methyl/N-ethyl adjacent to an activating group) is 1. The van der Waals surface area contributed by atoms with E-state index in [1.165, 1.54) is 0 Å². The summed E-state index contributed by atoms with van der Waals surface area (Å²) in [6.45, 7) is 5.82. The number of imidazole rings is 1. The Balaban J connectivity index is 1.37. The number of nitrogens with zero attached hydrogens (tertiary/aromatic N) is 3. The lowest BCUT2D eigenvalue weighted by molar-refractivity contribution is -0.121. The number of anilines is 2. The number of aryl methyl sites for hydroxylation is 1. The van der Waals surface area contributed by atoms with Gasteiger partial charge in [-0.3, -0.25) is 14.5 Å². The number of nitrogens with one attached hydrogen (secondary N) is 4. The van der Waals surface area contributed by atoms with Crippen molar-refractivity contribution in [2.24, 2.45) is 0 Å². The third-order valence-corrected chi connectivity index (χ3v) is 7.30. The molecule has 3 heterocycles. The van der Waals surface area contributed by atoms with Crippen LogP contribution < -0.4 is 21.1 Å². The molecule has 10 nitrogen and oxygen atoms in total. The van der Waals surface area contributed by atoms with Gasteiger partial charge in [0.1, 0.15) is 11.4 Å². The van der Waals surface area contributed by atoms with Crippen LogP contribution in [-0.2, 0) is 4.79 Å². The van der Waals surface area contributed by atoms with Crippen molar-refractivity contribution in [2.45, 2.75) is 13.0 Å². The summed E-state index contributed by atoms with van der Waals surface area (Å²) in [6.07, 6.45) is 0.753. The van der Waals surface area contributed by atoms with Gasteiger partial charge in [-0.1, -0.05) is 23.7 Å². The second kappa shape index (κ2) is 11.5. The van der Waals surface area contributed by atoms with Gasteiger partial charge < -0.3 is 30.6 Å². The number of benzene rings is 2. The number of carbonyl (C=O) groups excluding carboxylic acids is 1. The van der Waals surface area contributed by atoms with E-state index in [0.717, 1.165) is 48.5 Å². The van der Waals surface area contributed by atoms with E-state index in [0.29, 0.717) is 34.2 Å². The van der Waals surface area contributed by atoms with Crippen LogP contribution in [0, 0.1) is 6.92 Å². The minimum atomic E-state index is -0.812. The molecule has 5 rings (SSSR count). The Labute approximate surface area is 231 Å². The molecule has 4 aromatic rings. The van der Waals surface area contributed by atoms with Crippen molar-refractivity contribution >= 4 is 39.9 Å². The number of H-pyrrole nitrogens is 2. The van der Waals surface area contributed by atoms with E-state index in [9.17, 15) is 14.7 Å². The van der Waals surface area contributed by atoms with Crippen molar-refractivity contribution in [2.75, 3.05) is 56.5 Å². The molecule has 0 unspecified atom stereocenters. The minimum Gasteiger partial charge on any atom is -0.387 e. The van der Waals surface area contributed by atoms with Crippen LogP contribution in [-0.4, -0.2) is 77.2 Å². The van der Waals surface area contributed by atoms with Gasteiger partial charge in [0.2, 0.25) is 5.91 Å². The van der Waals surface area contributed by atoms with Crippen LogP contribution in [0.1, 0.15) is 17.2 Å². The summed E-state index contributed by atoms with van der Waals surface area (Å²) in [4.78, 5) is 39.9. The maximum atomic E-state index is 12.9. The van der Waals surface area contributed by atoms with Crippen LogP contribution in [0.4, 0.5) is 11.4 Å². The summed E-state index contributed by atoms with van der Waals surface area (Å²) in [5.74, 6) is 0.469. The maximum absolute atomic E-state index is 12.9. The molecule has 2 aromatic heterocycles. The fourth-order valence-electron chi connectivity index (χ4n) is 4.92. The SMILES string of the molecule is CNC(=O)CN1CCN(c2cc(C)c3nc(-c4c(NC[C@@H](O)c5cccc(Cl)c5)cc[nH]c4=O)[nH]c3c2)CC1. The van der Waals surface area contributed by atoms with E-state index in [-0.39, 0.29) is 18.0 Å². The zero-order valence-electron chi connectivity index (χ0n) is 21.9. The number of piperazine rings is 1. The van der Waals surface area contributed by atoms with Gasteiger partial charge in [0.05, 0.1) is 29.4 Å². The van der Waals surface area contributed by atoms with Crippen molar-refractivity contribution in [3.8, 4) is 11.4 Å². The number of pyridine rings is 1. The molecular formula is C28H32ClN7O3. The van der Waals surface area contributed by atoms with Crippen LogP contribution in [0.3, 0.4) is 0 Å². The van der Waals surface area contributed by atoms with E-state index in [1.807, 2.05) is 6.92 Å². The van der Waals surface area contributed by atoms with Gasteiger partial charge >= 0.3 is 0 Å². The summed E-state index contributed by atoms with van der Waals surface area (Å²) in [5, 5.41) is 17.1. The predicted molar refractivity (Wildman–Crippen MR) is 155 cm³/mol. The summed E-state index contributed by atoms with van der Waals surface area (Å²) in [5.41, 5.74) is 5.01. The second-order valence-corrected chi connectivity index (χ2v) is 10.2. The molecule has 0 radical (unpaired) electrons. The molecule has 2 aromatic carbocycles. The van der Waals surface area contributed by atoms with E-state index in [1.54, 1.807) is 43.6 Å².